The van der Waals surface area contributed by atoms with Crippen molar-refractivity contribution < 1.29 is 9.90 Å². The third kappa shape index (κ3) is 3.12. The molecule has 0 aliphatic carbocycles. The summed E-state index contributed by atoms with van der Waals surface area (Å²) in [5.74, 6) is -0.0925. The minimum atomic E-state index is -0.884. The Balaban J connectivity index is 1.55. The highest BCUT2D eigenvalue weighted by Crippen LogP contribution is 2.28. The highest BCUT2D eigenvalue weighted by atomic mass is 16.4. The van der Waals surface area contributed by atoms with E-state index in [9.17, 15) is 9.90 Å². The van der Waals surface area contributed by atoms with Crippen LogP contribution in [0.15, 0.2) is 18.2 Å². The predicted octanol–water partition coefficient (Wildman–Crippen LogP) is 2.54. The van der Waals surface area contributed by atoms with Crippen molar-refractivity contribution in [3.63, 3.8) is 0 Å². The van der Waals surface area contributed by atoms with Crippen LogP contribution < -0.4 is 5.32 Å². The number of nitrogens with one attached hydrogen (secondary N) is 1. The summed E-state index contributed by atoms with van der Waals surface area (Å²) >= 11 is 0. The number of benzene rings is 1. The number of aromatic carboxylic acids is 1. The number of piperidine rings is 3. The van der Waals surface area contributed by atoms with Crippen molar-refractivity contribution in [2.24, 2.45) is 5.92 Å². The maximum absolute atomic E-state index is 11.7. The molecule has 26 heavy (non-hydrogen) atoms. The van der Waals surface area contributed by atoms with Gasteiger partial charge in [0.25, 0.3) is 0 Å². The summed E-state index contributed by atoms with van der Waals surface area (Å²) in [6.07, 6.45) is 3.35. The van der Waals surface area contributed by atoms with E-state index in [1.165, 1.54) is 25.9 Å². The van der Waals surface area contributed by atoms with Gasteiger partial charge in [-0.3, -0.25) is 4.68 Å². The van der Waals surface area contributed by atoms with Gasteiger partial charge >= 0.3 is 5.97 Å². The molecule has 5 rings (SSSR count). The molecular weight excluding hydrogens is 328 g/mol. The van der Waals surface area contributed by atoms with Crippen LogP contribution in [0.5, 0.6) is 0 Å². The lowest BCUT2D eigenvalue weighted by Crippen LogP contribution is -2.56. The number of hydrogen-bond donors (Lipinski definition) is 2. The zero-order chi connectivity index (χ0) is 18.3. The summed E-state index contributed by atoms with van der Waals surface area (Å²) in [5, 5.41) is 18.9. The van der Waals surface area contributed by atoms with Gasteiger partial charge in [0.15, 0.2) is 0 Å². The Labute approximate surface area is 154 Å². The number of carboxylic acid groups (broad SMARTS) is 1. The lowest BCUT2D eigenvalue weighted by Gasteiger charge is -2.45. The molecule has 140 valence electrons. The first-order valence-corrected chi connectivity index (χ1v) is 9.73. The number of fused-ring (bicyclic) bond motifs is 4. The molecule has 6 nitrogen and oxygen atoms in total. The highest BCUT2D eigenvalue weighted by molar-refractivity contribution is 6.04. The first-order valence-electron chi connectivity index (χ1n) is 9.73. The van der Waals surface area contributed by atoms with E-state index in [1.807, 2.05) is 16.8 Å². The molecule has 0 amide bonds. The van der Waals surface area contributed by atoms with E-state index >= 15 is 0 Å². The van der Waals surface area contributed by atoms with Crippen LogP contribution in [0.1, 0.15) is 48.8 Å². The molecule has 3 saturated heterocycles. The summed E-state index contributed by atoms with van der Waals surface area (Å²) in [7, 11) is 0. The maximum atomic E-state index is 11.7. The zero-order valence-corrected chi connectivity index (χ0v) is 15.6. The molecule has 6 heteroatoms. The van der Waals surface area contributed by atoms with Crippen molar-refractivity contribution in [2.45, 2.75) is 45.2 Å². The minimum absolute atomic E-state index is 0.199. The minimum Gasteiger partial charge on any atom is -0.478 e. The molecule has 3 fully saturated rings. The van der Waals surface area contributed by atoms with Crippen LogP contribution in [0.2, 0.25) is 0 Å². The van der Waals surface area contributed by atoms with Crippen LogP contribution in [0.3, 0.4) is 0 Å². The zero-order valence-electron chi connectivity index (χ0n) is 15.6. The van der Waals surface area contributed by atoms with Crippen molar-refractivity contribution in [1.29, 1.82) is 0 Å². The fourth-order valence-corrected chi connectivity index (χ4v) is 4.59. The van der Waals surface area contributed by atoms with Gasteiger partial charge in [-0.1, -0.05) is 6.07 Å². The van der Waals surface area contributed by atoms with Crippen molar-refractivity contribution in [3.8, 4) is 0 Å². The third-order valence-electron chi connectivity index (χ3n) is 5.95. The summed E-state index contributed by atoms with van der Waals surface area (Å²) in [4.78, 5) is 14.2. The van der Waals surface area contributed by atoms with E-state index < -0.39 is 5.97 Å². The molecule has 4 heterocycles. The number of hydrogen-bond acceptors (Lipinski definition) is 4. The lowest BCUT2D eigenvalue weighted by atomic mass is 9.84. The van der Waals surface area contributed by atoms with Crippen LogP contribution in [0.4, 0.5) is 0 Å². The Bertz CT molecular complexity index is 805. The van der Waals surface area contributed by atoms with Gasteiger partial charge in [0.05, 0.1) is 16.8 Å². The molecule has 0 spiro atoms. The van der Waals surface area contributed by atoms with Crippen LogP contribution >= 0.6 is 0 Å². The summed E-state index contributed by atoms with van der Waals surface area (Å²) in [5.41, 5.74) is 2.16. The first-order chi connectivity index (χ1) is 12.5. The van der Waals surface area contributed by atoms with Crippen molar-refractivity contribution >= 4 is 16.9 Å². The van der Waals surface area contributed by atoms with Gasteiger partial charge in [-0.05, 0) is 57.8 Å². The second kappa shape index (κ2) is 7.00. The Morgan fingerprint density at radius 3 is 2.73 bits per heavy atom. The molecular formula is C20H28N4O2. The Morgan fingerprint density at radius 2 is 2.12 bits per heavy atom. The van der Waals surface area contributed by atoms with E-state index in [2.05, 4.69) is 24.1 Å². The molecule has 1 aromatic heterocycles. The molecule has 1 unspecified atom stereocenters. The van der Waals surface area contributed by atoms with Gasteiger partial charge in [-0.2, -0.15) is 5.10 Å². The number of rotatable bonds is 6. The smallest absolute Gasteiger partial charge is 0.336 e. The lowest BCUT2D eigenvalue weighted by molar-refractivity contribution is 0.0699. The van der Waals surface area contributed by atoms with Gasteiger partial charge in [0, 0.05) is 37.0 Å². The molecule has 0 radical (unpaired) electrons. The van der Waals surface area contributed by atoms with E-state index in [0.717, 1.165) is 42.0 Å². The topological polar surface area (TPSA) is 70.4 Å². The number of nitrogens with zero attached hydrogens (tertiary/aromatic N) is 3. The maximum Gasteiger partial charge on any atom is 0.336 e. The molecule has 2 N–H and O–H groups in total. The molecule has 2 bridgehead atoms. The quantitative estimate of drug-likeness (QED) is 0.832. The molecule has 2 aromatic rings. The van der Waals surface area contributed by atoms with Gasteiger partial charge in [-0.25, -0.2) is 4.79 Å². The Kier molecular flexibility index (Phi) is 4.71. The van der Waals surface area contributed by atoms with Crippen LogP contribution in [-0.2, 0) is 6.42 Å². The highest BCUT2D eigenvalue weighted by Gasteiger charge is 2.33. The first kappa shape index (κ1) is 17.5. The van der Waals surface area contributed by atoms with Gasteiger partial charge < -0.3 is 15.3 Å². The summed E-state index contributed by atoms with van der Waals surface area (Å²) in [6, 6.07) is 6.22. The summed E-state index contributed by atoms with van der Waals surface area (Å²) < 4.78 is 1.95. The number of carbonyl (C=O) groups is 1. The normalized spacial score (nSPS) is 25.3. The molecule has 0 saturated carbocycles. The second-order valence-corrected chi connectivity index (χ2v) is 7.94. The van der Waals surface area contributed by atoms with E-state index in [4.69, 9.17) is 5.10 Å². The molecule has 1 atom stereocenters. The largest absolute Gasteiger partial charge is 0.478 e. The molecule has 1 aromatic carbocycles. The van der Waals surface area contributed by atoms with Crippen LogP contribution in [0.25, 0.3) is 10.9 Å². The van der Waals surface area contributed by atoms with Crippen molar-refractivity contribution in [3.05, 3.63) is 29.5 Å². The average Bonchev–Trinajstić information content (AvgIpc) is 3.02. The Hall–Kier alpha value is -1.92. The predicted molar refractivity (Wildman–Crippen MR) is 102 cm³/mol. The molecule has 3 aliphatic rings. The second-order valence-electron chi connectivity index (χ2n) is 7.94. The fraction of sp³-hybridized carbons (Fsp3) is 0.600. The van der Waals surface area contributed by atoms with Crippen molar-refractivity contribution in [2.75, 3.05) is 26.2 Å². The van der Waals surface area contributed by atoms with Gasteiger partial charge in [-0.15, -0.1) is 0 Å². The van der Waals surface area contributed by atoms with Gasteiger partial charge in [0.1, 0.15) is 0 Å². The number of aromatic nitrogens is 2. The van der Waals surface area contributed by atoms with E-state index in [1.54, 1.807) is 6.07 Å². The monoisotopic (exact) mass is 356 g/mol. The van der Waals surface area contributed by atoms with Gasteiger partial charge in [0.2, 0.25) is 0 Å². The van der Waals surface area contributed by atoms with Crippen molar-refractivity contribution in [1.82, 2.24) is 20.0 Å². The van der Waals surface area contributed by atoms with E-state index in [-0.39, 0.29) is 6.04 Å². The van der Waals surface area contributed by atoms with Crippen LogP contribution in [0, 0.1) is 5.92 Å². The SMILES string of the molecule is CC(C)n1nc(CCNC2CN3CCC2CC3)c2c(C(=O)O)cccc21. The average molecular weight is 356 g/mol. The molecule has 3 aliphatic heterocycles. The number of carboxylic acids is 1. The Morgan fingerprint density at radius 1 is 1.35 bits per heavy atom. The summed E-state index contributed by atoms with van der Waals surface area (Å²) in [6.45, 7) is 8.63. The van der Waals surface area contributed by atoms with E-state index in [0.29, 0.717) is 11.6 Å². The fourth-order valence-electron chi connectivity index (χ4n) is 4.59. The standard InChI is InChI=1S/C20H28N4O2/c1-13(2)24-18-5-3-4-15(20(25)26)19(18)16(22-24)6-9-21-17-12-23-10-7-14(17)8-11-23/h3-5,13-14,17,21H,6-12H2,1-2H3,(H,25,26). The van der Waals surface area contributed by atoms with Crippen LogP contribution in [-0.4, -0.2) is 58.0 Å². The third-order valence-corrected chi connectivity index (χ3v) is 5.95.